The molecule has 0 unspecified atom stereocenters. The van der Waals surface area contributed by atoms with E-state index in [1.165, 1.54) is 43.4 Å². The van der Waals surface area contributed by atoms with Crippen LogP contribution in [-0.4, -0.2) is 19.6 Å². The molecule has 0 radical (unpaired) electrons. The second-order valence-corrected chi connectivity index (χ2v) is 6.37. The lowest BCUT2D eigenvalue weighted by atomic mass is 9.86. The molecular formula is C17H26N2. The number of nitrogens with zero attached hydrogens (tertiary/aromatic N) is 1. The third-order valence-corrected chi connectivity index (χ3v) is 5.03. The van der Waals surface area contributed by atoms with E-state index in [0.29, 0.717) is 0 Å². The Bertz CT molecular complexity index is 433. The van der Waals surface area contributed by atoms with E-state index in [9.17, 15) is 0 Å². The topological polar surface area (TPSA) is 15.3 Å². The molecule has 104 valence electrons. The van der Waals surface area contributed by atoms with Crippen LogP contribution in [0.25, 0.3) is 0 Å². The van der Waals surface area contributed by atoms with Gasteiger partial charge in [-0.2, -0.15) is 0 Å². The number of hydrogen-bond donors (Lipinski definition) is 1. The summed E-state index contributed by atoms with van der Waals surface area (Å²) >= 11 is 0. The highest BCUT2D eigenvalue weighted by molar-refractivity contribution is 5.57. The van der Waals surface area contributed by atoms with Gasteiger partial charge in [0.2, 0.25) is 0 Å². The zero-order chi connectivity index (χ0) is 13.2. The average Bonchev–Trinajstić information content (AvgIpc) is 2.47. The van der Waals surface area contributed by atoms with Gasteiger partial charge in [-0.3, -0.25) is 0 Å². The molecule has 0 aromatic heterocycles. The van der Waals surface area contributed by atoms with Gasteiger partial charge in [-0.05, 0) is 61.8 Å². The maximum atomic E-state index is 3.52. The fourth-order valence-electron chi connectivity index (χ4n) is 3.65. The van der Waals surface area contributed by atoms with Crippen molar-refractivity contribution in [1.82, 2.24) is 5.32 Å². The summed E-state index contributed by atoms with van der Waals surface area (Å²) in [5.41, 5.74) is 4.55. The maximum absolute atomic E-state index is 3.52. The monoisotopic (exact) mass is 258 g/mol. The summed E-state index contributed by atoms with van der Waals surface area (Å²) in [6, 6.07) is 7.59. The first-order valence-corrected chi connectivity index (χ1v) is 7.80. The molecule has 19 heavy (non-hydrogen) atoms. The van der Waals surface area contributed by atoms with Crippen molar-refractivity contribution in [3.63, 3.8) is 0 Å². The van der Waals surface area contributed by atoms with Gasteiger partial charge in [0.1, 0.15) is 0 Å². The first-order chi connectivity index (χ1) is 9.25. The van der Waals surface area contributed by atoms with Crippen LogP contribution in [0.3, 0.4) is 0 Å². The Labute approximate surface area is 117 Å². The third-order valence-electron chi connectivity index (χ3n) is 5.03. The number of rotatable bonds is 2. The van der Waals surface area contributed by atoms with Crippen molar-refractivity contribution < 1.29 is 0 Å². The van der Waals surface area contributed by atoms with Gasteiger partial charge in [0, 0.05) is 25.3 Å². The fourth-order valence-corrected chi connectivity index (χ4v) is 3.65. The fraction of sp³-hybridized carbons (Fsp3) is 0.647. The summed E-state index contributed by atoms with van der Waals surface area (Å²) in [5.74, 6) is 0.927. The lowest BCUT2D eigenvalue weighted by Crippen LogP contribution is -2.36. The number of fused-ring (bicyclic) bond motifs is 1. The molecule has 0 bridgehead atoms. The standard InChI is InChI=1S/C17H26N2/c1-13-6-8-15(9-7-13)19(2)17-5-3-4-14-10-11-18-12-16(14)17/h3-5,13,15,18H,6-12H2,1-2H3. The number of benzene rings is 1. The molecule has 2 aliphatic rings. The van der Waals surface area contributed by atoms with Crippen LogP contribution in [0.1, 0.15) is 43.7 Å². The van der Waals surface area contributed by atoms with Gasteiger partial charge in [-0.25, -0.2) is 0 Å². The molecule has 1 heterocycles. The Hall–Kier alpha value is -1.02. The highest BCUT2D eigenvalue weighted by Gasteiger charge is 2.24. The molecular weight excluding hydrogens is 232 g/mol. The summed E-state index contributed by atoms with van der Waals surface area (Å²) in [4.78, 5) is 2.55. The highest BCUT2D eigenvalue weighted by Crippen LogP contribution is 2.32. The molecule has 1 N–H and O–H groups in total. The van der Waals surface area contributed by atoms with Crippen LogP contribution in [0.5, 0.6) is 0 Å². The largest absolute Gasteiger partial charge is 0.371 e. The van der Waals surface area contributed by atoms with Gasteiger partial charge in [-0.1, -0.05) is 19.1 Å². The Morgan fingerprint density at radius 2 is 1.95 bits per heavy atom. The maximum Gasteiger partial charge on any atom is 0.0414 e. The van der Waals surface area contributed by atoms with E-state index >= 15 is 0 Å². The summed E-state index contributed by atoms with van der Waals surface area (Å²) in [7, 11) is 2.30. The molecule has 1 aromatic carbocycles. The lowest BCUT2D eigenvalue weighted by Gasteiger charge is -2.37. The van der Waals surface area contributed by atoms with Crippen LogP contribution < -0.4 is 10.2 Å². The minimum absolute atomic E-state index is 0.740. The molecule has 1 aliphatic heterocycles. The Kier molecular flexibility index (Phi) is 3.79. The summed E-state index contributed by atoms with van der Waals surface area (Å²) in [6.45, 7) is 4.56. The van der Waals surface area contributed by atoms with Crippen molar-refractivity contribution in [2.75, 3.05) is 18.5 Å². The molecule has 0 amide bonds. The van der Waals surface area contributed by atoms with Crippen LogP contribution in [0, 0.1) is 5.92 Å². The molecule has 1 saturated carbocycles. The summed E-state index contributed by atoms with van der Waals surface area (Å²) < 4.78 is 0. The van der Waals surface area contributed by atoms with Crippen LogP contribution in [0.4, 0.5) is 5.69 Å². The van der Waals surface area contributed by atoms with E-state index in [4.69, 9.17) is 0 Å². The first kappa shape index (κ1) is 13.0. The number of nitrogens with one attached hydrogen (secondary N) is 1. The zero-order valence-corrected chi connectivity index (χ0v) is 12.3. The molecule has 0 saturated heterocycles. The predicted molar refractivity (Wildman–Crippen MR) is 81.7 cm³/mol. The molecule has 2 nitrogen and oxygen atoms in total. The molecule has 2 heteroatoms. The van der Waals surface area contributed by atoms with Gasteiger partial charge in [-0.15, -0.1) is 0 Å². The van der Waals surface area contributed by atoms with Crippen molar-refractivity contribution >= 4 is 5.69 Å². The minimum atomic E-state index is 0.740. The Balaban J connectivity index is 1.81. The van der Waals surface area contributed by atoms with E-state index in [0.717, 1.165) is 25.0 Å². The molecule has 0 spiro atoms. The van der Waals surface area contributed by atoms with Gasteiger partial charge in [0.15, 0.2) is 0 Å². The van der Waals surface area contributed by atoms with Crippen LogP contribution >= 0.6 is 0 Å². The molecule has 0 atom stereocenters. The van der Waals surface area contributed by atoms with Gasteiger partial charge in [0.25, 0.3) is 0 Å². The SMILES string of the molecule is CC1CCC(N(C)c2cccc3c2CNCC3)CC1. The van der Waals surface area contributed by atoms with E-state index in [-0.39, 0.29) is 0 Å². The zero-order valence-electron chi connectivity index (χ0n) is 12.3. The van der Waals surface area contributed by atoms with Crippen molar-refractivity contribution in [2.45, 2.75) is 51.6 Å². The normalized spacial score (nSPS) is 26.8. The smallest absolute Gasteiger partial charge is 0.0414 e. The van der Waals surface area contributed by atoms with Crippen LogP contribution in [-0.2, 0) is 13.0 Å². The van der Waals surface area contributed by atoms with Crippen molar-refractivity contribution in [3.8, 4) is 0 Å². The number of anilines is 1. The van der Waals surface area contributed by atoms with Crippen molar-refractivity contribution in [1.29, 1.82) is 0 Å². The Morgan fingerprint density at radius 1 is 1.16 bits per heavy atom. The van der Waals surface area contributed by atoms with Gasteiger partial charge < -0.3 is 10.2 Å². The third kappa shape index (κ3) is 2.64. The van der Waals surface area contributed by atoms with Gasteiger partial charge in [0.05, 0.1) is 0 Å². The average molecular weight is 258 g/mol. The number of hydrogen-bond acceptors (Lipinski definition) is 2. The second-order valence-electron chi connectivity index (χ2n) is 6.37. The van der Waals surface area contributed by atoms with Crippen molar-refractivity contribution in [3.05, 3.63) is 29.3 Å². The molecule has 1 aliphatic carbocycles. The van der Waals surface area contributed by atoms with Crippen LogP contribution in [0.2, 0.25) is 0 Å². The predicted octanol–water partition coefficient (Wildman–Crippen LogP) is 3.35. The minimum Gasteiger partial charge on any atom is -0.371 e. The molecule has 3 rings (SSSR count). The van der Waals surface area contributed by atoms with Crippen molar-refractivity contribution in [2.24, 2.45) is 5.92 Å². The summed E-state index contributed by atoms with van der Waals surface area (Å²) in [5, 5.41) is 3.52. The van der Waals surface area contributed by atoms with E-state index < -0.39 is 0 Å². The molecule has 1 fully saturated rings. The molecule has 1 aromatic rings. The van der Waals surface area contributed by atoms with Crippen LogP contribution in [0.15, 0.2) is 18.2 Å². The lowest BCUT2D eigenvalue weighted by molar-refractivity contribution is 0.340. The van der Waals surface area contributed by atoms with E-state index in [1.54, 1.807) is 5.56 Å². The first-order valence-electron chi connectivity index (χ1n) is 7.80. The quantitative estimate of drug-likeness (QED) is 0.875. The highest BCUT2D eigenvalue weighted by atomic mass is 15.1. The van der Waals surface area contributed by atoms with E-state index in [1.807, 2.05) is 0 Å². The van der Waals surface area contributed by atoms with E-state index in [2.05, 4.69) is 42.4 Å². The Morgan fingerprint density at radius 3 is 2.74 bits per heavy atom. The second kappa shape index (κ2) is 5.54. The summed E-state index contributed by atoms with van der Waals surface area (Å²) in [6.07, 6.45) is 6.67. The van der Waals surface area contributed by atoms with Gasteiger partial charge >= 0.3 is 0 Å².